The Balaban J connectivity index is 1.88. The van der Waals surface area contributed by atoms with Gasteiger partial charge in [0.15, 0.2) is 5.69 Å². The summed E-state index contributed by atoms with van der Waals surface area (Å²) in [7, 11) is 3.11. The molecule has 11 heteroatoms. The number of hydrogen-bond donors (Lipinski definition) is 2. The zero-order chi connectivity index (χ0) is 27.2. The molecule has 0 aliphatic heterocycles. The molecule has 1 heterocycles. The molecule has 0 radical (unpaired) electrons. The maximum Gasteiger partial charge on any atom is 0.432 e. The Bertz CT molecular complexity index is 1320. The summed E-state index contributed by atoms with van der Waals surface area (Å²) in [4.78, 5) is 0. The van der Waals surface area contributed by atoms with E-state index >= 15 is 0 Å². The van der Waals surface area contributed by atoms with Gasteiger partial charge in [0.1, 0.15) is 23.3 Å². The molecule has 0 unspecified atom stereocenters. The van der Waals surface area contributed by atoms with Gasteiger partial charge in [-0.2, -0.15) is 23.5 Å². The summed E-state index contributed by atoms with van der Waals surface area (Å²) in [5.74, 6) is 0.145. The fourth-order valence-corrected chi connectivity index (χ4v) is 3.50. The molecule has 0 spiro atoms. The van der Waals surface area contributed by atoms with E-state index in [2.05, 4.69) is 10.4 Å². The SMILES string of the molecule is COc1ccc(CO[C@H](C)c2cc(F)ccc2N/C(=C\C(=N)C(F)(F)F)Cc2cc(C#N)nn2C)cc1. The Hall–Kier alpha value is -4.17. The molecule has 3 rings (SSSR count). The van der Waals surface area contributed by atoms with Crippen LogP contribution in [0.3, 0.4) is 0 Å². The van der Waals surface area contributed by atoms with Crippen molar-refractivity contribution in [3.63, 3.8) is 0 Å². The summed E-state index contributed by atoms with van der Waals surface area (Å²) in [6.07, 6.45) is -4.93. The van der Waals surface area contributed by atoms with Crippen molar-refractivity contribution in [2.75, 3.05) is 12.4 Å². The lowest BCUT2D eigenvalue weighted by Gasteiger charge is -2.20. The standard InChI is InChI=1S/C26H25F4N5O2/c1-16(37-15-17-4-7-22(36-3)8-5-17)23-10-18(27)6-9-24(23)33-19(13-25(32)26(28,29)30)11-21-12-20(14-31)34-35(21)2/h4-10,12-13,16,32-33H,11,15H2,1-3H3/b19-13-,32-25?/t16-/m1/s1. The third kappa shape index (κ3) is 7.41. The number of rotatable bonds is 10. The highest BCUT2D eigenvalue weighted by atomic mass is 19.4. The molecule has 3 aromatic rings. The van der Waals surface area contributed by atoms with Crippen LogP contribution >= 0.6 is 0 Å². The number of nitrogens with one attached hydrogen (secondary N) is 2. The van der Waals surface area contributed by atoms with E-state index in [1.54, 1.807) is 33.2 Å². The Morgan fingerprint density at radius 2 is 1.92 bits per heavy atom. The maximum atomic E-state index is 14.2. The molecule has 0 bridgehead atoms. The smallest absolute Gasteiger partial charge is 0.432 e. The molecule has 2 N–H and O–H groups in total. The van der Waals surface area contributed by atoms with Crippen LogP contribution in [-0.2, 0) is 24.8 Å². The molecular weight excluding hydrogens is 490 g/mol. The number of benzene rings is 2. The molecule has 0 aliphatic carbocycles. The number of ether oxygens (including phenoxy) is 2. The Labute approximate surface area is 211 Å². The van der Waals surface area contributed by atoms with Crippen molar-refractivity contribution in [2.24, 2.45) is 7.05 Å². The van der Waals surface area contributed by atoms with Gasteiger partial charge >= 0.3 is 6.18 Å². The van der Waals surface area contributed by atoms with Crippen LogP contribution in [0.1, 0.15) is 35.5 Å². The topological polar surface area (TPSA) is 95.9 Å². The number of methoxy groups -OCH3 is 1. The lowest BCUT2D eigenvalue weighted by Crippen LogP contribution is -2.21. The van der Waals surface area contributed by atoms with Gasteiger partial charge in [-0.05, 0) is 55.0 Å². The quantitative estimate of drug-likeness (QED) is 0.261. The monoisotopic (exact) mass is 515 g/mol. The minimum atomic E-state index is -4.86. The van der Waals surface area contributed by atoms with E-state index in [4.69, 9.17) is 20.1 Å². The largest absolute Gasteiger partial charge is 0.497 e. The highest BCUT2D eigenvalue weighted by molar-refractivity contribution is 5.97. The predicted molar refractivity (Wildman–Crippen MR) is 130 cm³/mol. The van der Waals surface area contributed by atoms with Crippen molar-refractivity contribution >= 4 is 11.4 Å². The zero-order valence-electron chi connectivity index (χ0n) is 20.4. The van der Waals surface area contributed by atoms with Crippen LogP contribution in [0, 0.1) is 22.6 Å². The zero-order valence-corrected chi connectivity index (χ0v) is 20.4. The van der Waals surface area contributed by atoms with Gasteiger partial charge in [-0.1, -0.05) is 12.1 Å². The lowest BCUT2D eigenvalue weighted by molar-refractivity contribution is -0.0584. The molecule has 2 aromatic carbocycles. The van der Waals surface area contributed by atoms with Crippen LogP contribution in [-0.4, -0.2) is 28.8 Å². The molecule has 0 saturated carbocycles. The molecule has 194 valence electrons. The Morgan fingerprint density at radius 1 is 1.22 bits per heavy atom. The average Bonchev–Trinajstić information content (AvgIpc) is 3.22. The number of hydrogen-bond acceptors (Lipinski definition) is 6. The molecule has 37 heavy (non-hydrogen) atoms. The van der Waals surface area contributed by atoms with E-state index < -0.39 is 23.8 Å². The van der Waals surface area contributed by atoms with Gasteiger partial charge in [0.2, 0.25) is 0 Å². The Morgan fingerprint density at radius 3 is 2.51 bits per heavy atom. The van der Waals surface area contributed by atoms with E-state index in [1.165, 1.54) is 28.9 Å². The van der Waals surface area contributed by atoms with Crippen molar-refractivity contribution < 1.29 is 27.0 Å². The molecule has 0 saturated heterocycles. The first-order valence-corrected chi connectivity index (χ1v) is 11.1. The molecule has 0 fully saturated rings. The molecule has 1 atom stereocenters. The summed E-state index contributed by atoms with van der Waals surface area (Å²) in [5.41, 5.74) is 0.522. The van der Waals surface area contributed by atoms with Gasteiger partial charge in [0.05, 0.1) is 19.8 Å². The first-order valence-electron chi connectivity index (χ1n) is 11.1. The van der Waals surface area contributed by atoms with E-state index in [1.807, 2.05) is 18.2 Å². The Kier molecular flexibility index (Phi) is 8.68. The van der Waals surface area contributed by atoms with E-state index in [9.17, 15) is 17.6 Å². The number of aromatic nitrogens is 2. The second-order valence-corrected chi connectivity index (χ2v) is 8.17. The fraction of sp³-hybridized carbons (Fsp3) is 0.269. The summed E-state index contributed by atoms with van der Waals surface area (Å²) < 4.78 is 66.1. The first kappa shape index (κ1) is 27.4. The first-order chi connectivity index (χ1) is 17.5. The number of anilines is 1. The van der Waals surface area contributed by atoms with Gasteiger partial charge in [-0.3, -0.25) is 10.1 Å². The van der Waals surface area contributed by atoms with Crippen LogP contribution in [0.25, 0.3) is 0 Å². The summed E-state index contributed by atoms with van der Waals surface area (Å²) in [6, 6.07) is 14.3. The minimum Gasteiger partial charge on any atom is -0.497 e. The summed E-state index contributed by atoms with van der Waals surface area (Å²) in [5, 5.41) is 23.4. The van der Waals surface area contributed by atoms with Crippen LogP contribution in [0.2, 0.25) is 0 Å². The van der Waals surface area contributed by atoms with Crippen molar-refractivity contribution in [3.05, 3.63) is 88.6 Å². The highest BCUT2D eigenvalue weighted by Crippen LogP contribution is 2.30. The molecular formula is C26H25F4N5O2. The van der Waals surface area contributed by atoms with Crippen LogP contribution in [0.4, 0.5) is 23.2 Å². The number of halogens is 4. The third-order valence-corrected chi connectivity index (χ3v) is 5.49. The van der Waals surface area contributed by atoms with Gasteiger partial charge in [0.25, 0.3) is 0 Å². The van der Waals surface area contributed by atoms with E-state index in [0.29, 0.717) is 28.8 Å². The summed E-state index contributed by atoms with van der Waals surface area (Å²) in [6.45, 7) is 1.90. The summed E-state index contributed by atoms with van der Waals surface area (Å²) >= 11 is 0. The molecule has 0 aliphatic rings. The second-order valence-electron chi connectivity index (χ2n) is 8.17. The van der Waals surface area contributed by atoms with Crippen molar-refractivity contribution in [1.29, 1.82) is 10.7 Å². The molecule has 0 amide bonds. The second kappa shape index (κ2) is 11.7. The predicted octanol–water partition coefficient (Wildman–Crippen LogP) is 5.84. The van der Waals surface area contributed by atoms with Gasteiger partial charge in [0, 0.05) is 36.1 Å². The van der Waals surface area contributed by atoms with Crippen molar-refractivity contribution in [2.45, 2.75) is 32.2 Å². The average molecular weight is 516 g/mol. The minimum absolute atomic E-state index is 0.00465. The maximum absolute atomic E-state index is 14.2. The van der Waals surface area contributed by atoms with Crippen LogP contribution in [0.15, 0.2) is 60.3 Å². The number of nitriles is 1. The molecule has 1 aromatic heterocycles. The normalized spacial score (nSPS) is 12.6. The van der Waals surface area contributed by atoms with Crippen LogP contribution in [0.5, 0.6) is 5.75 Å². The van der Waals surface area contributed by atoms with Crippen LogP contribution < -0.4 is 10.1 Å². The highest BCUT2D eigenvalue weighted by Gasteiger charge is 2.33. The van der Waals surface area contributed by atoms with E-state index in [0.717, 1.165) is 5.56 Å². The number of aryl methyl sites for hydroxylation is 1. The van der Waals surface area contributed by atoms with Gasteiger partial charge < -0.3 is 14.8 Å². The lowest BCUT2D eigenvalue weighted by atomic mass is 10.1. The van der Waals surface area contributed by atoms with E-state index in [-0.39, 0.29) is 24.4 Å². The van der Waals surface area contributed by atoms with Gasteiger partial charge in [-0.25, -0.2) is 4.39 Å². The number of nitrogens with zero attached hydrogens (tertiary/aromatic N) is 3. The van der Waals surface area contributed by atoms with Crippen molar-refractivity contribution in [1.82, 2.24) is 9.78 Å². The van der Waals surface area contributed by atoms with Crippen molar-refractivity contribution in [3.8, 4) is 11.8 Å². The fourth-order valence-electron chi connectivity index (χ4n) is 3.50. The van der Waals surface area contributed by atoms with Gasteiger partial charge in [-0.15, -0.1) is 0 Å². The number of alkyl halides is 3. The molecule has 7 nitrogen and oxygen atoms in total. The number of allylic oxidation sites excluding steroid dienone is 2. The third-order valence-electron chi connectivity index (χ3n) is 5.49.